The molecule has 0 atom stereocenters. The Hall–Kier alpha value is -1.73. The van der Waals surface area contributed by atoms with Gasteiger partial charge in [-0.1, -0.05) is 12.1 Å². The molecule has 1 fully saturated rings. The number of nitrogens with zero attached hydrogens (tertiary/aromatic N) is 5. The lowest BCUT2D eigenvalue weighted by atomic mass is 10.2. The average molecular weight is 317 g/mol. The van der Waals surface area contributed by atoms with Gasteiger partial charge in [0.1, 0.15) is 11.6 Å². The molecule has 1 saturated heterocycles. The monoisotopic (exact) mass is 317 g/mol. The molecule has 0 bridgehead atoms. The smallest absolute Gasteiger partial charge is 0.205 e. The van der Waals surface area contributed by atoms with Crippen LogP contribution < -0.4 is 9.80 Å². The van der Waals surface area contributed by atoms with Gasteiger partial charge in [-0.25, -0.2) is 4.98 Å². The molecule has 21 heavy (non-hydrogen) atoms. The fourth-order valence-electron chi connectivity index (χ4n) is 2.62. The van der Waals surface area contributed by atoms with Gasteiger partial charge in [-0.3, -0.25) is 0 Å². The quantitative estimate of drug-likeness (QED) is 0.727. The Balaban J connectivity index is 1.52. The molecule has 7 heteroatoms. The van der Waals surface area contributed by atoms with Crippen LogP contribution in [0.25, 0.3) is 10.1 Å². The molecule has 4 rings (SSSR count). The van der Waals surface area contributed by atoms with E-state index in [4.69, 9.17) is 0 Å². The van der Waals surface area contributed by atoms with Crippen molar-refractivity contribution in [3.63, 3.8) is 0 Å². The molecule has 0 amide bonds. The van der Waals surface area contributed by atoms with E-state index in [1.807, 2.05) is 6.92 Å². The molecule has 3 heterocycles. The lowest BCUT2D eigenvalue weighted by molar-refractivity contribution is 0.649. The van der Waals surface area contributed by atoms with Crippen molar-refractivity contribution in [2.45, 2.75) is 6.92 Å². The summed E-state index contributed by atoms with van der Waals surface area (Å²) < 4.78 is 10.2. The summed E-state index contributed by atoms with van der Waals surface area (Å²) in [7, 11) is 0. The maximum atomic E-state index is 4.64. The number of fused-ring (bicyclic) bond motifs is 1. The predicted molar refractivity (Wildman–Crippen MR) is 88.7 cm³/mol. The van der Waals surface area contributed by atoms with Gasteiger partial charge in [-0.2, -0.15) is 8.75 Å². The van der Waals surface area contributed by atoms with Crippen LogP contribution in [-0.2, 0) is 0 Å². The summed E-state index contributed by atoms with van der Waals surface area (Å²) in [5.41, 5.74) is 0. The summed E-state index contributed by atoms with van der Waals surface area (Å²) in [5.74, 6) is 1.99. The highest BCUT2D eigenvalue weighted by Gasteiger charge is 2.22. The van der Waals surface area contributed by atoms with Gasteiger partial charge in [-0.05, 0) is 30.6 Å². The van der Waals surface area contributed by atoms with Crippen LogP contribution in [0.3, 0.4) is 0 Å². The number of anilines is 2. The number of aromatic nitrogens is 3. The van der Waals surface area contributed by atoms with Gasteiger partial charge in [0.25, 0.3) is 0 Å². The van der Waals surface area contributed by atoms with Crippen molar-refractivity contribution in [2.24, 2.45) is 0 Å². The number of hydrogen-bond acceptors (Lipinski definition) is 7. The minimum Gasteiger partial charge on any atom is -0.352 e. The van der Waals surface area contributed by atoms with Crippen molar-refractivity contribution in [2.75, 3.05) is 36.0 Å². The van der Waals surface area contributed by atoms with Crippen LogP contribution in [0, 0.1) is 6.92 Å². The van der Waals surface area contributed by atoms with Gasteiger partial charge >= 0.3 is 0 Å². The van der Waals surface area contributed by atoms with Gasteiger partial charge in [0, 0.05) is 43.1 Å². The Kier molecular flexibility index (Phi) is 3.23. The second-order valence-corrected chi connectivity index (χ2v) is 6.64. The van der Waals surface area contributed by atoms with Crippen molar-refractivity contribution < 1.29 is 0 Å². The maximum absolute atomic E-state index is 4.64. The van der Waals surface area contributed by atoms with E-state index in [-0.39, 0.29) is 0 Å². The van der Waals surface area contributed by atoms with Crippen molar-refractivity contribution >= 4 is 44.1 Å². The first-order valence-corrected chi connectivity index (χ1v) is 8.50. The fraction of sp³-hybridized carbons (Fsp3) is 0.357. The van der Waals surface area contributed by atoms with E-state index in [0.29, 0.717) is 0 Å². The minimum atomic E-state index is 0.864. The Morgan fingerprint density at radius 1 is 0.952 bits per heavy atom. The van der Waals surface area contributed by atoms with E-state index in [1.54, 1.807) is 11.5 Å². The Bertz CT molecular complexity index is 757. The molecule has 0 spiro atoms. The highest BCUT2D eigenvalue weighted by atomic mass is 32.1. The largest absolute Gasteiger partial charge is 0.352 e. The SMILES string of the molecule is Cc1nsc(N2CCN(c3nsc4ccccc34)CC2)n1. The summed E-state index contributed by atoms with van der Waals surface area (Å²) in [4.78, 5) is 9.17. The Morgan fingerprint density at radius 2 is 1.71 bits per heavy atom. The molecule has 0 saturated carbocycles. The molecule has 1 aliphatic rings. The predicted octanol–water partition coefficient (Wildman–Crippen LogP) is 2.78. The molecule has 5 nitrogen and oxygen atoms in total. The summed E-state index contributed by atoms with van der Waals surface area (Å²) >= 11 is 3.07. The lowest BCUT2D eigenvalue weighted by Crippen LogP contribution is -2.46. The molecule has 108 valence electrons. The molecule has 0 N–H and O–H groups in total. The topological polar surface area (TPSA) is 45.2 Å². The number of hydrogen-bond donors (Lipinski definition) is 0. The lowest BCUT2D eigenvalue weighted by Gasteiger charge is -2.34. The van der Waals surface area contributed by atoms with Crippen LogP contribution in [0.15, 0.2) is 24.3 Å². The molecule has 3 aromatic rings. The Morgan fingerprint density at radius 3 is 2.48 bits per heavy atom. The van der Waals surface area contributed by atoms with Gasteiger partial charge in [0.05, 0.1) is 4.70 Å². The molecular weight excluding hydrogens is 302 g/mol. The molecule has 0 aliphatic carbocycles. The van der Waals surface area contributed by atoms with E-state index in [1.165, 1.54) is 21.6 Å². The van der Waals surface area contributed by atoms with Crippen molar-refractivity contribution in [3.05, 3.63) is 30.1 Å². The number of rotatable bonds is 2. The summed E-state index contributed by atoms with van der Waals surface area (Å²) in [5, 5.41) is 2.30. The van der Waals surface area contributed by atoms with E-state index in [0.717, 1.165) is 43.0 Å². The molecule has 1 aliphatic heterocycles. The third-order valence-electron chi connectivity index (χ3n) is 3.73. The van der Waals surface area contributed by atoms with Crippen LogP contribution in [0.1, 0.15) is 5.82 Å². The van der Waals surface area contributed by atoms with Crippen LogP contribution >= 0.6 is 23.1 Å². The van der Waals surface area contributed by atoms with Crippen LogP contribution in [0.4, 0.5) is 10.9 Å². The highest BCUT2D eigenvalue weighted by Crippen LogP contribution is 2.30. The summed E-state index contributed by atoms with van der Waals surface area (Å²) in [6.07, 6.45) is 0. The van der Waals surface area contributed by atoms with E-state index in [9.17, 15) is 0 Å². The standard InChI is InChI=1S/C14H15N5S2/c1-10-15-14(21-16-10)19-8-6-18(7-9-19)13-11-4-2-3-5-12(11)20-17-13/h2-5H,6-9H2,1H3. The second kappa shape index (κ2) is 5.23. The molecule has 1 aromatic carbocycles. The van der Waals surface area contributed by atoms with Gasteiger partial charge in [0.15, 0.2) is 0 Å². The molecular formula is C14H15N5S2. The van der Waals surface area contributed by atoms with Crippen molar-refractivity contribution in [1.82, 2.24) is 13.7 Å². The van der Waals surface area contributed by atoms with Gasteiger partial charge in [-0.15, -0.1) is 0 Å². The first-order chi connectivity index (χ1) is 10.3. The third-order valence-corrected chi connectivity index (χ3v) is 5.41. The van der Waals surface area contributed by atoms with Crippen LogP contribution in [-0.4, -0.2) is 39.9 Å². The number of piperazine rings is 1. The fourth-order valence-corrected chi connectivity index (χ4v) is 4.15. The third kappa shape index (κ3) is 2.36. The van der Waals surface area contributed by atoms with Crippen LogP contribution in [0.2, 0.25) is 0 Å². The highest BCUT2D eigenvalue weighted by molar-refractivity contribution is 7.13. The number of benzene rings is 1. The van der Waals surface area contributed by atoms with Gasteiger partial charge in [0.2, 0.25) is 5.13 Å². The van der Waals surface area contributed by atoms with Crippen molar-refractivity contribution in [3.8, 4) is 0 Å². The zero-order valence-electron chi connectivity index (χ0n) is 11.7. The summed E-state index contributed by atoms with van der Waals surface area (Å²) in [6.45, 7) is 5.84. The number of aryl methyl sites for hydroxylation is 1. The Labute approximate surface area is 131 Å². The molecule has 0 radical (unpaired) electrons. The summed E-state index contributed by atoms with van der Waals surface area (Å²) in [6, 6.07) is 8.45. The average Bonchev–Trinajstić information content (AvgIpc) is 3.14. The maximum Gasteiger partial charge on any atom is 0.205 e. The van der Waals surface area contributed by atoms with Crippen molar-refractivity contribution in [1.29, 1.82) is 0 Å². The first-order valence-electron chi connectivity index (χ1n) is 6.96. The van der Waals surface area contributed by atoms with E-state index >= 15 is 0 Å². The minimum absolute atomic E-state index is 0.864. The first kappa shape index (κ1) is 13.0. The van der Waals surface area contributed by atoms with Gasteiger partial charge < -0.3 is 9.80 Å². The molecule has 2 aromatic heterocycles. The van der Waals surface area contributed by atoms with Crippen LogP contribution in [0.5, 0.6) is 0 Å². The molecule has 0 unspecified atom stereocenters. The normalized spacial score (nSPS) is 15.9. The van der Waals surface area contributed by atoms with E-state index < -0.39 is 0 Å². The van der Waals surface area contributed by atoms with E-state index in [2.05, 4.69) is 47.8 Å². The zero-order chi connectivity index (χ0) is 14.2. The zero-order valence-corrected chi connectivity index (χ0v) is 13.3. The second-order valence-electron chi connectivity index (χ2n) is 5.10.